The fourth-order valence-electron chi connectivity index (χ4n) is 1.62. The zero-order valence-corrected chi connectivity index (χ0v) is 9.82. The Labute approximate surface area is 106 Å². The summed E-state index contributed by atoms with van der Waals surface area (Å²) < 4.78 is 5.46. The zero-order chi connectivity index (χ0) is 12.8. The van der Waals surface area contributed by atoms with Crippen LogP contribution < -0.4 is 4.74 Å². The van der Waals surface area contributed by atoms with Gasteiger partial charge in [-0.1, -0.05) is 42.5 Å². The van der Waals surface area contributed by atoms with E-state index >= 15 is 0 Å². The van der Waals surface area contributed by atoms with Gasteiger partial charge in [-0.2, -0.15) is 0 Å². The molecule has 18 heavy (non-hydrogen) atoms. The van der Waals surface area contributed by atoms with Gasteiger partial charge in [0.25, 0.3) is 0 Å². The number of aliphatic hydroxyl groups excluding tert-OH is 1. The lowest BCUT2D eigenvalue weighted by molar-refractivity contribution is 0.108. The van der Waals surface area contributed by atoms with Gasteiger partial charge in [-0.05, 0) is 17.7 Å². The van der Waals surface area contributed by atoms with Gasteiger partial charge in [0.2, 0.25) is 0 Å². The minimum Gasteiger partial charge on any atom is -0.491 e. The van der Waals surface area contributed by atoms with Crippen LogP contribution in [0.5, 0.6) is 5.75 Å². The van der Waals surface area contributed by atoms with E-state index in [1.54, 1.807) is 24.3 Å². The maximum absolute atomic E-state index is 10.6. The third kappa shape index (κ3) is 3.18. The van der Waals surface area contributed by atoms with Gasteiger partial charge in [-0.3, -0.25) is 4.79 Å². The van der Waals surface area contributed by atoms with E-state index in [-0.39, 0.29) is 6.61 Å². The minimum atomic E-state index is -0.675. The Balaban J connectivity index is 1.97. The summed E-state index contributed by atoms with van der Waals surface area (Å²) in [7, 11) is 0. The number of carbonyl (C=O) groups excluding carboxylic acids is 1. The number of hydrogen-bond donors (Lipinski definition) is 1. The number of rotatable bonds is 5. The summed E-state index contributed by atoms with van der Waals surface area (Å²) in [6, 6.07) is 16.2. The summed E-state index contributed by atoms with van der Waals surface area (Å²) in [6.45, 7) is 0.159. The van der Waals surface area contributed by atoms with Crippen LogP contribution in [0.4, 0.5) is 0 Å². The Morgan fingerprint density at radius 2 is 1.89 bits per heavy atom. The molecule has 0 spiro atoms. The highest BCUT2D eigenvalue weighted by atomic mass is 16.5. The van der Waals surface area contributed by atoms with Crippen molar-refractivity contribution < 1.29 is 14.6 Å². The lowest BCUT2D eigenvalue weighted by Crippen LogP contribution is -2.09. The lowest BCUT2D eigenvalue weighted by atomic mass is 10.1. The van der Waals surface area contributed by atoms with Crippen LogP contribution in [-0.4, -0.2) is 18.0 Å². The van der Waals surface area contributed by atoms with Crippen LogP contribution in [0.3, 0.4) is 0 Å². The average molecular weight is 242 g/mol. The van der Waals surface area contributed by atoms with Crippen molar-refractivity contribution >= 4 is 6.29 Å². The second kappa shape index (κ2) is 5.98. The van der Waals surface area contributed by atoms with Gasteiger partial charge in [0.05, 0.1) is 0 Å². The third-order valence-electron chi connectivity index (χ3n) is 2.59. The third-order valence-corrected chi connectivity index (χ3v) is 2.59. The van der Waals surface area contributed by atoms with Crippen molar-refractivity contribution in [2.75, 3.05) is 6.61 Å². The molecule has 1 atom stereocenters. The summed E-state index contributed by atoms with van der Waals surface area (Å²) in [5.74, 6) is 0.578. The van der Waals surface area contributed by atoms with Crippen LogP contribution in [0.2, 0.25) is 0 Å². The molecule has 2 aromatic carbocycles. The first-order valence-corrected chi connectivity index (χ1v) is 5.70. The zero-order valence-electron chi connectivity index (χ0n) is 9.82. The topological polar surface area (TPSA) is 46.5 Å². The molecule has 0 heterocycles. The standard InChI is InChI=1S/C15H14O3/c16-10-12-5-4-8-14(9-12)18-11-15(17)13-6-2-1-3-7-13/h1-10,15,17H,11H2. The summed E-state index contributed by atoms with van der Waals surface area (Å²) in [6.07, 6.45) is 0.0895. The van der Waals surface area contributed by atoms with Crippen molar-refractivity contribution in [2.45, 2.75) is 6.10 Å². The van der Waals surface area contributed by atoms with E-state index in [4.69, 9.17) is 4.74 Å². The maximum Gasteiger partial charge on any atom is 0.150 e. The van der Waals surface area contributed by atoms with Crippen LogP contribution in [0.15, 0.2) is 54.6 Å². The van der Waals surface area contributed by atoms with Gasteiger partial charge < -0.3 is 9.84 Å². The van der Waals surface area contributed by atoms with Gasteiger partial charge in [0.1, 0.15) is 24.7 Å². The van der Waals surface area contributed by atoms with Crippen LogP contribution >= 0.6 is 0 Å². The lowest BCUT2D eigenvalue weighted by Gasteiger charge is -2.12. The molecule has 0 aromatic heterocycles. The normalized spacial score (nSPS) is 11.8. The first-order chi connectivity index (χ1) is 8.79. The molecule has 0 aliphatic heterocycles. The molecule has 2 aromatic rings. The van der Waals surface area contributed by atoms with E-state index in [1.165, 1.54) is 0 Å². The highest BCUT2D eigenvalue weighted by molar-refractivity contribution is 5.75. The van der Waals surface area contributed by atoms with E-state index < -0.39 is 6.10 Å². The number of benzene rings is 2. The van der Waals surface area contributed by atoms with Crippen molar-refractivity contribution in [1.82, 2.24) is 0 Å². The first kappa shape index (κ1) is 12.3. The number of ether oxygens (including phenoxy) is 1. The van der Waals surface area contributed by atoms with Crippen molar-refractivity contribution in [3.05, 3.63) is 65.7 Å². The number of aliphatic hydroxyl groups is 1. The van der Waals surface area contributed by atoms with Gasteiger partial charge in [0, 0.05) is 5.56 Å². The van der Waals surface area contributed by atoms with Crippen molar-refractivity contribution in [3.63, 3.8) is 0 Å². The fraction of sp³-hybridized carbons (Fsp3) is 0.133. The van der Waals surface area contributed by atoms with Gasteiger partial charge in [-0.25, -0.2) is 0 Å². The van der Waals surface area contributed by atoms with Crippen molar-refractivity contribution in [2.24, 2.45) is 0 Å². The van der Waals surface area contributed by atoms with Crippen LogP contribution in [0.25, 0.3) is 0 Å². The minimum absolute atomic E-state index is 0.159. The monoisotopic (exact) mass is 242 g/mol. The predicted molar refractivity (Wildman–Crippen MR) is 68.7 cm³/mol. The van der Waals surface area contributed by atoms with E-state index in [9.17, 15) is 9.90 Å². The largest absolute Gasteiger partial charge is 0.491 e. The highest BCUT2D eigenvalue weighted by Gasteiger charge is 2.07. The smallest absolute Gasteiger partial charge is 0.150 e. The molecule has 0 radical (unpaired) electrons. The van der Waals surface area contributed by atoms with Gasteiger partial charge >= 0.3 is 0 Å². The Morgan fingerprint density at radius 1 is 1.11 bits per heavy atom. The summed E-state index contributed by atoms with van der Waals surface area (Å²) in [5.41, 5.74) is 1.37. The Morgan fingerprint density at radius 3 is 2.61 bits per heavy atom. The number of aldehydes is 1. The second-order valence-corrected chi connectivity index (χ2v) is 3.93. The fourth-order valence-corrected chi connectivity index (χ4v) is 1.62. The molecular weight excluding hydrogens is 228 g/mol. The molecule has 3 heteroatoms. The van der Waals surface area contributed by atoms with Crippen LogP contribution in [0, 0.1) is 0 Å². The van der Waals surface area contributed by atoms with E-state index in [1.807, 2.05) is 30.3 Å². The molecule has 0 fully saturated rings. The summed E-state index contributed by atoms with van der Waals surface area (Å²) in [4.78, 5) is 10.6. The Bertz CT molecular complexity index is 508. The van der Waals surface area contributed by atoms with Crippen molar-refractivity contribution in [3.8, 4) is 5.75 Å². The second-order valence-electron chi connectivity index (χ2n) is 3.93. The molecule has 0 saturated heterocycles. The van der Waals surface area contributed by atoms with E-state index in [0.717, 1.165) is 11.8 Å². The Kier molecular flexibility index (Phi) is 4.10. The van der Waals surface area contributed by atoms with E-state index in [2.05, 4.69) is 0 Å². The quantitative estimate of drug-likeness (QED) is 0.820. The highest BCUT2D eigenvalue weighted by Crippen LogP contribution is 2.16. The first-order valence-electron chi connectivity index (χ1n) is 5.70. The summed E-state index contributed by atoms with van der Waals surface area (Å²) in [5, 5.41) is 9.91. The molecule has 1 N–H and O–H groups in total. The molecule has 0 amide bonds. The van der Waals surface area contributed by atoms with Gasteiger partial charge in [-0.15, -0.1) is 0 Å². The summed E-state index contributed by atoms with van der Waals surface area (Å²) >= 11 is 0. The molecule has 2 rings (SSSR count). The van der Waals surface area contributed by atoms with Crippen LogP contribution in [-0.2, 0) is 0 Å². The van der Waals surface area contributed by atoms with Gasteiger partial charge in [0.15, 0.2) is 0 Å². The molecule has 3 nitrogen and oxygen atoms in total. The number of carbonyl (C=O) groups is 1. The molecule has 0 saturated carbocycles. The molecule has 92 valence electrons. The average Bonchev–Trinajstić information content (AvgIpc) is 2.46. The molecule has 0 aliphatic carbocycles. The Hall–Kier alpha value is -2.13. The maximum atomic E-state index is 10.6. The SMILES string of the molecule is O=Cc1cccc(OCC(O)c2ccccc2)c1. The van der Waals surface area contributed by atoms with Crippen molar-refractivity contribution in [1.29, 1.82) is 0 Å². The van der Waals surface area contributed by atoms with Crippen LogP contribution in [0.1, 0.15) is 22.0 Å². The molecule has 0 bridgehead atoms. The molecule has 1 unspecified atom stereocenters. The predicted octanol–water partition coefficient (Wildman–Crippen LogP) is 2.61. The number of hydrogen-bond acceptors (Lipinski definition) is 3. The molecule has 0 aliphatic rings. The van der Waals surface area contributed by atoms with E-state index in [0.29, 0.717) is 11.3 Å². The molecular formula is C15H14O3.